The van der Waals surface area contributed by atoms with Gasteiger partial charge in [-0.2, -0.15) is 0 Å². The molecule has 5 N–H and O–H groups in total. The highest BCUT2D eigenvalue weighted by molar-refractivity contribution is 6.33. The largest absolute Gasteiger partial charge is 0.507 e. The van der Waals surface area contributed by atoms with E-state index >= 15 is 0 Å². The number of nitrogens with two attached hydrogens (primary N) is 1. The van der Waals surface area contributed by atoms with E-state index in [2.05, 4.69) is 0 Å². The van der Waals surface area contributed by atoms with Crippen LogP contribution < -0.4 is 5.73 Å². The number of hydrogen-bond donors (Lipinski definition) is 4. The molecule has 1 aromatic carbocycles. The topological polar surface area (TPSA) is 164 Å². The number of primary amides is 1. The van der Waals surface area contributed by atoms with Crippen LogP contribution in [0.2, 0.25) is 5.02 Å². The molecule has 3 aliphatic rings. The Morgan fingerprint density at radius 1 is 1.20 bits per heavy atom. The molecular formula is C20H16ClNO8. The Morgan fingerprint density at radius 3 is 2.50 bits per heavy atom. The van der Waals surface area contributed by atoms with Crippen molar-refractivity contribution in [3.8, 4) is 5.75 Å². The molecule has 1 heterocycles. The molecule has 2 aliphatic carbocycles. The average molecular weight is 434 g/mol. The van der Waals surface area contributed by atoms with Crippen molar-refractivity contribution < 1.29 is 39.2 Å². The highest BCUT2D eigenvalue weighted by Gasteiger charge is 2.58. The first-order chi connectivity index (χ1) is 14.0. The van der Waals surface area contributed by atoms with E-state index in [9.17, 15) is 34.5 Å². The number of rotatable bonds is 3. The van der Waals surface area contributed by atoms with Crippen molar-refractivity contribution in [3.63, 3.8) is 0 Å². The van der Waals surface area contributed by atoms with Crippen LogP contribution in [0.25, 0.3) is 0 Å². The van der Waals surface area contributed by atoms with E-state index in [1.54, 1.807) is 6.92 Å². The van der Waals surface area contributed by atoms with Gasteiger partial charge in [-0.15, -0.1) is 0 Å². The molecule has 1 amide bonds. The van der Waals surface area contributed by atoms with Crippen LogP contribution in [-0.2, 0) is 24.7 Å². The van der Waals surface area contributed by atoms with Crippen LogP contribution in [0, 0.1) is 11.8 Å². The maximum absolute atomic E-state index is 13.0. The second kappa shape index (κ2) is 6.41. The van der Waals surface area contributed by atoms with E-state index < -0.39 is 63.4 Å². The Hall–Kier alpha value is -3.17. The standard InChI is InChI=1S/C20H16ClNO8/c1-20-8(4-6-15(25)17(27)12(19(22)29)18(28)16(6)26)7(5-30-20)14(24)11-10(23)3-2-9(21)13(11)20/h2-3,7-8,23,25,28H,4-5H2,1H3,(H2,22,29)/t7-,8+,20+/m1/s1. The fourth-order valence-corrected chi connectivity index (χ4v) is 4.92. The normalized spacial score (nSPS) is 28.3. The van der Waals surface area contributed by atoms with Crippen molar-refractivity contribution in [3.05, 3.63) is 50.9 Å². The highest BCUT2D eigenvalue weighted by Crippen LogP contribution is 2.56. The van der Waals surface area contributed by atoms with Crippen LogP contribution in [-0.4, -0.2) is 45.2 Å². The summed E-state index contributed by atoms with van der Waals surface area (Å²) in [4.78, 5) is 49.2. The van der Waals surface area contributed by atoms with Gasteiger partial charge in [0.15, 0.2) is 17.3 Å². The van der Waals surface area contributed by atoms with Crippen molar-refractivity contribution in [2.24, 2.45) is 17.6 Å². The number of aromatic hydroxyl groups is 1. The minimum absolute atomic E-state index is 0.0328. The van der Waals surface area contributed by atoms with E-state index in [0.29, 0.717) is 0 Å². The summed E-state index contributed by atoms with van der Waals surface area (Å²) in [5.41, 5.74) is 2.63. The first-order valence-corrected chi connectivity index (χ1v) is 9.33. The van der Waals surface area contributed by atoms with Gasteiger partial charge in [0.2, 0.25) is 11.6 Å². The van der Waals surface area contributed by atoms with Crippen molar-refractivity contribution in [1.29, 1.82) is 0 Å². The van der Waals surface area contributed by atoms with Crippen LogP contribution >= 0.6 is 11.6 Å². The summed E-state index contributed by atoms with van der Waals surface area (Å²) in [6.45, 7) is 1.60. The molecule has 1 aromatic rings. The number of phenols is 1. The van der Waals surface area contributed by atoms with E-state index in [1.165, 1.54) is 12.1 Å². The van der Waals surface area contributed by atoms with Crippen LogP contribution in [0.5, 0.6) is 5.75 Å². The number of fused-ring (bicyclic) bond motifs is 4. The van der Waals surface area contributed by atoms with Gasteiger partial charge in [-0.25, -0.2) is 0 Å². The second-order valence-corrected chi connectivity index (χ2v) is 8.00. The molecule has 9 nitrogen and oxygen atoms in total. The van der Waals surface area contributed by atoms with Gasteiger partial charge in [-0.05, 0) is 25.5 Å². The summed E-state index contributed by atoms with van der Waals surface area (Å²) >= 11 is 6.30. The molecule has 2 bridgehead atoms. The molecule has 0 aromatic heterocycles. The third kappa shape index (κ3) is 2.45. The fourth-order valence-electron chi connectivity index (χ4n) is 4.57. The van der Waals surface area contributed by atoms with Crippen LogP contribution in [0.15, 0.2) is 34.8 Å². The summed E-state index contributed by atoms with van der Waals surface area (Å²) in [5.74, 6) is -8.17. The summed E-state index contributed by atoms with van der Waals surface area (Å²) in [6, 6.07) is 2.71. The summed E-state index contributed by atoms with van der Waals surface area (Å²) in [6.07, 6.45) is -0.315. The number of allylic oxidation sites excluding steroid dienone is 2. The van der Waals surface area contributed by atoms with E-state index in [-0.39, 0.29) is 34.9 Å². The monoisotopic (exact) mass is 433 g/mol. The number of ether oxygens (including phenoxy) is 1. The average Bonchev–Trinajstić information content (AvgIpc) is 2.95. The van der Waals surface area contributed by atoms with Crippen LogP contribution in [0.1, 0.15) is 29.3 Å². The van der Waals surface area contributed by atoms with E-state index in [0.717, 1.165) is 0 Å². The number of carbonyl (C=O) groups excluding carboxylic acids is 4. The second-order valence-electron chi connectivity index (χ2n) is 7.59. The molecule has 0 unspecified atom stereocenters. The van der Waals surface area contributed by atoms with Gasteiger partial charge in [-0.1, -0.05) is 11.6 Å². The zero-order valence-electron chi connectivity index (χ0n) is 15.6. The zero-order chi connectivity index (χ0) is 22.1. The van der Waals surface area contributed by atoms with Crippen LogP contribution in [0.4, 0.5) is 0 Å². The van der Waals surface area contributed by atoms with E-state index in [4.69, 9.17) is 22.1 Å². The third-order valence-corrected chi connectivity index (χ3v) is 6.41. The molecule has 30 heavy (non-hydrogen) atoms. The first-order valence-electron chi connectivity index (χ1n) is 8.95. The number of carbonyl (C=O) groups is 4. The molecule has 0 spiro atoms. The van der Waals surface area contributed by atoms with Gasteiger partial charge in [0.1, 0.15) is 11.3 Å². The van der Waals surface area contributed by atoms with Gasteiger partial charge in [0.25, 0.3) is 5.91 Å². The maximum atomic E-state index is 13.0. The number of aliphatic hydroxyl groups is 2. The lowest BCUT2D eigenvalue weighted by Gasteiger charge is -2.39. The molecule has 10 heteroatoms. The van der Waals surface area contributed by atoms with Gasteiger partial charge in [0, 0.05) is 22.1 Å². The Kier molecular flexibility index (Phi) is 4.30. The number of ketones is 3. The number of amides is 1. The molecule has 4 rings (SSSR count). The first kappa shape index (κ1) is 20.1. The minimum Gasteiger partial charge on any atom is -0.507 e. The number of Topliss-reactive ketones (excluding diaryl/α,β-unsaturated/α-hetero) is 3. The number of phenolic OH excluding ortho intramolecular Hbond substituents is 1. The Bertz CT molecular complexity index is 1130. The van der Waals surface area contributed by atoms with Gasteiger partial charge in [0.05, 0.1) is 23.7 Å². The Morgan fingerprint density at radius 2 is 1.87 bits per heavy atom. The maximum Gasteiger partial charge on any atom is 0.256 e. The molecule has 3 atom stereocenters. The smallest absolute Gasteiger partial charge is 0.256 e. The molecular weight excluding hydrogens is 418 g/mol. The summed E-state index contributed by atoms with van der Waals surface area (Å²) < 4.78 is 5.87. The summed E-state index contributed by atoms with van der Waals surface area (Å²) in [7, 11) is 0. The van der Waals surface area contributed by atoms with Crippen molar-refractivity contribution in [2.45, 2.75) is 18.9 Å². The number of hydrogen-bond acceptors (Lipinski definition) is 8. The van der Waals surface area contributed by atoms with Gasteiger partial charge >= 0.3 is 0 Å². The van der Waals surface area contributed by atoms with E-state index in [1.807, 2.05) is 0 Å². The van der Waals surface area contributed by atoms with Crippen molar-refractivity contribution in [2.75, 3.05) is 6.61 Å². The SMILES string of the molecule is C[C@@]12OC[C@@H](C(=O)c3c(O)ccc(Cl)c31)[C@@H]2CC1=C(O)C(=O)C(C(N)=O)=C(O)C1=O. The predicted molar refractivity (Wildman–Crippen MR) is 101 cm³/mol. The molecule has 1 aliphatic heterocycles. The number of aliphatic hydroxyl groups excluding tert-OH is 2. The van der Waals surface area contributed by atoms with Crippen LogP contribution in [0.3, 0.4) is 0 Å². The predicted octanol–water partition coefficient (Wildman–Crippen LogP) is 1.37. The highest BCUT2D eigenvalue weighted by atomic mass is 35.5. The molecule has 1 saturated heterocycles. The molecule has 0 radical (unpaired) electrons. The number of benzene rings is 1. The zero-order valence-corrected chi connectivity index (χ0v) is 16.3. The van der Waals surface area contributed by atoms with Gasteiger partial charge < -0.3 is 25.8 Å². The lowest BCUT2D eigenvalue weighted by molar-refractivity contribution is -0.124. The van der Waals surface area contributed by atoms with Crippen molar-refractivity contribution in [1.82, 2.24) is 0 Å². The lowest BCUT2D eigenvalue weighted by Crippen LogP contribution is -2.41. The summed E-state index contributed by atoms with van der Waals surface area (Å²) in [5, 5.41) is 30.7. The minimum atomic E-state index is -1.35. The Balaban J connectivity index is 1.82. The quantitative estimate of drug-likeness (QED) is 0.410. The molecule has 156 valence electrons. The third-order valence-electron chi connectivity index (χ3n) is 6.09. The molecule has 1 fully saturated rings. The fraction of sp³-hybridized carbons (Fsp3) is 0.300. The lowest BCUT2D eigenvalue weighted by atomic mass is 9.65. The molecule has 0 saturated carbocycles. The van der Waals surface area contributed by atoms with Crippen molar-refractivity contribution >= 4 is 34.9 Å². The Labute approximate surface area is 174 Å². The number of halogens is 1. The van der Waals surface area contributed by atoms with Gasteiger partial charge in [-0.3, -0.25) is 19.2 Å².